The summed E-state index contributed by atoms with van der Waals surface area (Å²) in [4.78, 5) is 22.6. The Hall–Kier alpha value is -2.62. The van der Waals surface area contributed by atoms with E-state index in [0.29, 0.717) is 11.5 Å². The highest BCUT2D eigenvalue weighted by molar-refractivity contribution is 5.94. The van der Waals surface area contributed by atoms with Crippen molar-refractivity contribution in [2.75, 3.05) is 6.54 Å². The first-order valence-corrected chi connectivity index (χ1v) is 9.15. The largest absolute Gasteiger partial charge is 0.481 e. The van der Waals surface area contributed by atoms with E-state index in [1.165, 1.54) is 16.7 Å². The van der Waals surface area contributed by atoms with E-state index < -0.39 is 5.97 Å². The average Bonchev–Trinajstić information content (AvgIpc) is 2.63. The van der Waals surface area contributed by atoms with Gasteiger partial charge in [-0.25, -0.2) is 0 Å². The highest BCUT2D eigenvalue weighted by Gasteiger charge is 2.13. The van der Waals surface area contributed by atoms with E-state index in [1.807, 2.05) is 24.3 Å². The number of rotatable bonds is 9. The molecule has 2 N–H and O–H groups in total. The molecule has 0 heterocycles. The lowest BCUT2D eigenvalue weighted by molar-refractivity contribution is -0.136. The molecule has 0 saturated carbocycles. The lowest BCUT2D eigenvalue weighted by Gasteiger charge is -2.17. The number of amides is 1. The Labute approximate surface area is 155 Å². The molecule has 0 aliphatic heterocycles. The first-order chi connectivity index (χ1) is 12.5. The summed E-state index contributed by atoms with van der Waals surface area (Å²) >= 11 is 0. The van der Waals surface area contributed by atoms with Gasteiger partial charge in [0.1, 0.15) is 0 Å². The first-order valence-electron chi connectivity index (χ1n) is 9.15. The Morgan fingerprint density at radius 2 is 1.69 bits per heavy atom. The van der Waals surface area contributed by atoms with Gasteiger partial charge in [0.2, 0.25) is 0 Å². The Morgan fingerprint density at radius 1 is 1.04 bits per heavy atom. The van der Waals surface area contributed by atoms with Gasteiger partial charge < -0.3 is 10.4 Å². The third-order valence-electron chi connectivity index (χ3n) is 4.51. The van der Waals surface area contributed by atoms with Crippen LogP contribution in [-0.2, 0) is 11.2 Å². The van der Waals surface area contributed by atoms with Crippen molar-refractivity contribution in [3.63, 3.8) is 0 Å². The Balaban J connectivity index is 2.03. The second kappa shape index (κ2) is 9.76. The summed E-state index contributed by atoms with van der Waals surface area (Å²) in [6, 6.07) is 16.3. The number of nitrogens with one attached hydrogen (secondary N) is 1. The number of carbonyl (C=O) groups is 2. The zero-order chi connectivity index (χ0) is 18.9. The SMILES string of the molecule is CCC[C@@H](Cc1ccc(C)cc1)c1ccc(C(=O)NCCC(=O)O)cc1. The van der Waals surface area contributed by atoms with Crippen LogP contribution in [0.25, 0.3) is 0 Å². The lowest BCUT2D eigenvalue weighted by Crippen LogP contribution is -2.25. The molecule has 0 unspecified atom stereocenters. The van der Waals surface area contributed by atoms with Crippen molar-refractivity contribution >= 4 is 11.9 Å². The summed E-state index contributed by atoms with van der Waals surface area (Å²) in [5.41, 5.74) is 4.38. The van der Waals surface area contributed by atoms with Gasteiger partial charge in [-0.15, -0.1) is 0 Å². The van der Waals surface area contributed by atoms with Gasteiger partial charge in [0.15, 0.2) is 0 Å². The van der Waals surface area contributed by atoms with Crippen molar-refractivity contribution in [1.29, 1.82) is 0 Å². The monoisotopic (exact) mass is 353 g/mol. The number of hydrogen-bond acceptors (Lipinski definition) is 2. The van der Waals surface area contributed by atoms with Crippen LogP contribution in [-0.4, -0.2) is 23.5 Å². The maximum absolute atomic E-state index is 12.1. The van der Waals surface area contributed by atoms with Crippen molar-refractivity contribution in [1.82, 2.24) is 5.32 Å². The van der Waals surface area contributed by atoms with Crippen molar-refractivity contribution < 1.29 is 14.7 Å². The van der Waals surface area contributed by atoms with Crippen LogP contribution in [0.5, 0.6) is 0 Å². The second-order valence-corrected chi connectivity index (χ2v) is 6.70. The molecule has 26 heavy (non-hydrogen) atoms. The number of hydrogen-bond donors (Lipinski definition) is 2. The minimum Gasteiger partial charge on any atom is -0.481 e. The van der Waals surface area contributed by atoms with Gasteiger partial charge in [-0.2, -0.15) is 0 Å². The third kappa shape index (κ3) is 6.03. The Kier molecular flexibility index (Phi) is 7.39. The smallest absolute Gasteiger partial charge is 0.305 e. The normalized spacial score (nSPS) is 11.8. The maximum Gasteiger partial charge on any atom is 0.305 e. The molecule has 0 aliphatic carbocycles. The van der Waals surface area contributed by atoms with Crippen molar-refractivity contribution in [3.05, 3.63) is 70.8 Å². The Morgan fingerprint density at radius 3 is 2.27 bits per heavy atom. The molecule has 0 saturated heterocycles. The van der Waals surface area contributed by atoms with Crippen LogP contribution in [0, 0.1) is 6.92 Å². The van der Waals surface area contributed by atoms with Gasteiger partial charge in [0, 0.05) is 12.1 Å². The fourth-order valence-corrected chi connectivity index (χ4v) is 3.04. The van der Waals surface area contributed by atoms with Crippen LogP contribution in [0.2, 0.25) is 0 Å². The van der Waals surface area contributed by atoms with Gasteiger partial charge in [0.25, 0.3) is 5.91 Å². The van der Waals surface area contributed by atoms with E-state index in [2.05, 4.69) is 43.4 Å². The van der Waals surface area contributed by atoms with E-state index >= 15 is 0 Å². The van der Waals surface area contributed by atoms with Gasteiger partial charge in [-0.1, -0.05) is 55.3 Å². The fraction of sp³-hybridized carbons (Fsp3) is 0.364. The molecule has 1 atom stereocenters. The summed E-state index contributed by atoms with van der Waals surface area (Å²) in [5, 5.41) is 11.3. The van der Waals surface area contributed by atoms with Gasteiger partial charge >= 0.3 is 5.97 Å². The predicted octanol–water partition coefficient (Wildman–Crippen LogP) is 4.33. The molecular weight excluding hydrogens is 326 g/mol. The van der Waals surface area contributed by atoms with Crippen LogP contribution in [0.4, 0.5) is 0 Å². The summed E-state index contributed by atoms with van der Waals surface area (Å²) in [6.07, 6.45) is 3.11. The van der Waals surface area contributed by atoms with E-state index in [1.54, 1.807) is 0 Å². The minimum absolute atomic E-state index is 0.0705. The number of aryl methyl sites for hydroxylation is 1. The lowest BCUT2D eigenvalue weighted by atomic mass is 9.88. The van der Waals surface area contributed by atoms with Crippen LogP contribution in [0.3, 0.4) is 0 Å². The zero-order valence-electron chi connectivity index (χ0n) is 15.5. The van der Waals surface area contributed by atoms with E-state index in [4.69, 9.17) is 5.11 Å². The zero-order valence-corrected chi connectivity index (χ0v) is 15.5. The summed E-state index contributed by atoms with van der Waals surface area (Å²) < 4.78 is 0. The Bertz CT molecular complexity index is 720. The molecule has 2 rings (SSSR count). The molecule has 0 spiro atoms. The van der Waals surface area contributed by atoms with Gasteiger partial charge in [-0.3, -0.25) is 9.59 Å². The maximum atomic E-state index is 12.1. The molecule has 0 radical (unpaired) electrons. The van der Waals surface area contributed by atoms with Crippen molar-refractivity contribution in [3.8, 4) is 0 Å². The predicted molar refractivity (Wildman–Crippen MR) is 104 cm³/mol. The minimum atomic E-state index is -0.917. The topological polar surface area (TPSA) is 66.4 Å². The van der Waals surface area contributed by atoms with Crippen LogP contribution in [0.15, 0.2) is 48.5 Å². The molecule has 4 nitrogen and oxygen atoms in total. The fourth-order valence-electron chi connectivity index (χ4n) is 3.04. The van der Waals surface area contributed by atoms with Crippen molar-refractivity contribution in [2.24, 2.45) is 0 Å². The standard InChI is InChI=1S/C22H27NO3/c1-3-4-20(15-17-7-5-16(2)6-8-17)18-9-11-19(12-10-18)22(26)23-14-13-21(24)25/h5-12,20H,3-4,13-15H2,1-2H3,(H,23,26)(H,24,25)/t20-/m0/s1. The average molecular weight is 353 g/mol. The molecule has 0 aliphatic rings. The van der Waals surface area contributed by atoms with Gasteiger partial charge in [0.05, 0.1) is 6.42 Å². The van der Waals surface area contributed by atoms with E-state index in [-0.39, 0.29) is 18.9 Å². The van der Waals surface area contributed by atoms with E-state index in [9.17, 15) is 9.59 Å². The second-order valence-electron chi connectivity index (χ2n) is 6.70. The summed E-state index contributed by atoms with van der Waals surface area (Å²) in [6.45, 7) is 4.42. The number of aliphatic carboxylic acids is 1. The molecule has 0 bridgehead atoms. The molecule has 4 heteroatoms. The number of carboxylic acid groups (broad SMARTS) is 1. The van der Waals surface area contributed by atoms with Crippen LogP contribution in [0.1, 0.15) is 59.2 Å². The highest BCUT2D eigenvalue weighted by Crippen LogP contribution is 2.26. The number of carboxylic acids is 1. The molecule has 2 aromatic carbocycles. The summed E-state index contributed by atoms with van der Waals surface area (Å²) in [7, 11) is 0. The quantitative estimate of drug-likeness (QED) is 0.705. The number of benzene rings is 2. The van der Waals surface area contributed by atoms with Gasteiger partial charge in [-0.05, 0) is 48.9 Å². The third-order valence-corrected chi connectivity index (χ3v) is 4.51. The first kappa shape index (κ1) is 19.7. The van der Waals surface area contributed by atoms with Crippen molar-refractivity contribution in [2.45, 2.75) is 45.4 Å². The van der Waals surface area contributed by atoms with Crippen LogP contribution < -0.4 is 5.32 Å². The van der Waals surface area contributed by atoms with E-state index in [0.717, 1.165) is 19.3 Å². The molecule has 1 amide bonds. The molecule has 138 valence electrons. The molecular formula is C22H27NO3. The molecule has 0 fully saturated rings. The molecule has 2 aromatic rings. The molecule has 0 aromatic heterocycles. The highest BCUT2D eigenvalue weighted by atomic mass is 16.4. The summed E-state index contributed by atoms with van der Waals surface area (Å²) in [5.74, 6) is -0.727. The van der Waals surface area contributed by atoms with Crippen LogP contribution >= 0.6 is 0 Å². The number of carbonyl (C=O) groups excluding carboxylic acids is 1.